The molecule has 0 saturated heterocycles. The summed E-state index contributed by atoms with van der Waals surface area (Å²) in [5, 5.41) is 0. The third-order valence-corrected chi connectivity index (χ3v) is 2.10. The molecule has 1 nitrogen and oxygen atoms in total. The van der Waals surface area contributed by atoms with Crippen molar-refractivity contribution in [3.8, 4) is 5.75 Å². The Labute approximate surface area is 89.1 Å². The molecular weight excluding hydrogens is 198 g/mol. The molecule has 0 aliphatic carbocycles. The highest BCUT2D eigenvalue weighted by Crippen LogP contribution is 2.21. The van der Waals surface area contributed by atoms with Crippen molar-refractivity contribution in [2.45, 2.75) is 32.8 Å². The largest absolute Gasteiger partial charge is 0.435 e. The smallest absolute Gasteiger partial charge is 0.387 e. The maximum absolute atomic E-state index is 12.1. The van der Waals surface area contributed by atoms with Gasteiger partial charge in [0.2, 0.25) is 0 Å². The molecule has 83 valence electrons. The lowest BCUT2D eigenvalue weighted by Gasteiger charge is -2.09. The predicted octanol–water partition coefficient (Wildman–Crippen LogP) is 3.83. The van der Waals surface area contributed by atoms with Gasteiger partial charge in [0.05, 0.1) is 0 Å². The van der Waals surface area contributed by atoms with Crippen molar-refractivity contribution in [3.05, 3.63) is 36.2 Å². The van der Waals surface area contributed by atoms with Gasteiger partial charge in [-0.05, 0) is 30.9 Å². The summed E-state index contributed by atoms with van der Waals surface area (Å²) in [5.74, 6) is 0.289. The van der Waals surface area contributed by atoms with Crippen molar-refractivity contribution in [2.75, 3.05) is 0 Å². The second kappa shape index (κ2) is 6.38. The van der Waals surface area contributed by atoms with Gasteiger partial charge >= 0.3 is 6.61 Å². The lowest BCUT2D eigenvalue weighted by Crippen LogP contribution is -2.04. The van der Waals surface area contributed by atoms with E-state index in [1.165, 1.54) is 0 Å². The van der Waals surface area contributed by atoms with E-state index in [0.29, 0.717) is 0 Å². The molecule has 0 bridgehead atoms. The van der Waals surface area contributed by atoms with Crippen LogP contribution in [0.15, 0.2) is 24.3 Å². The van der Waals surface area contributed by atoms with Gasteiger partial charge in [0, 0.05) is 0 Å². The Bertz CT molecular complexity index is 287. The summed E-state index contributed by atoms with van der Waals surface area (Å²) >= 11 is 0. The molecule has 1 rings (SSSR count). The molecule has 0 unspecified atom stereocenters. The van der Waals surface area contributed by atoms with Gasteiger partial charge in [0.15, 0.2) is 0 Å². The molecule has 1 aromatic carbocycles. The number of hydrogen-bond acceptors (Lipinski definition) is 1. The van der Waals surface area contributed by atoms with Gasteiger partial charge in [0.25, 0.3) is 0 Å². The van der Waals surface area contributed by atoms with Crippen molar-refractivity contribution >= 4 is 0 Å². The monoisotopic (exact) mass is 213 g/mol. The van der Waals surface area contributed by atoms with Gasteiger partial charge in [-0.3, -0.25) is 0 Å². The average molecular weight is 213 g/mol. The van der Waals surface area contributed by atoms with E-state index in [1.807, 2.05) is 12.1 Å². The zero-order valence-corrected chi connectivity index (χ0v) is 8.75. The van der Waals surface area contributed by atoms with Crippen molar-refractivity contribution in [1.29, 1.82) is 0 Å². The van der Waals surface area contributed by atoms with Crippen LogP contribution in [0.1, 0.15) is 25.3 Å². The number of alkyl halides is 2. The van der Waals surface area contributed by atoms with E-state index in [1.54, 1.807) is 12.1 Å². The van der Waals surface area contributed by atoms with Crippen LogP contribution in [0.3, 0.4) is 0 Å². The third kappa shape index (κ3) is 4.28. The van der Waals surface area contributed by atoms with E-state index in [0.717, 1.165) is 24.8 Å². The van der Waals surface area contributed by atoms with Gasteiger partial charge in [-0.25, -0.2) is 0 Å². The number of ether oxygens (including phenoxy) is 1. The standard InChI is InChI=1S/C12H15F2O/c1-2-3-4-7-10-8-5-6-9-11(10)15-12(13)14/h3,5-6,8-9,12H,2,4,7H2,1H3. The van der Waals surface area contributed by atoms with Gasteiger partial charge in [-0.15, -0.1) is 0 Å². The molecule has 15 heavy (non-hydrogen) atoms. The van der Waals surface area contributed by atoms with E-state index < -0.39 is 6.61 Å². The minimum absolute atomic E-state index is 0.289. The molecule has 0 aliphatic heterocycles. The average Bonchev–Trinajstić information content (AvgIpc) is 2.20. The van der Waals surface area contributed by atoms with E-state index in [4.69, 9.17) is 0 Å². The summed E-state index contributed by atoms with van der Waals surface area (Å²) in [7, 11) is 0. The van der Waals surface area contributed by atoms with Crippen LogP contribution in [0.5, 0.6) is 5.75 Å². The lowest BCUT2D eigenvalue weighted by molar-refractivity contribution is -0.0504. The zero-order valence-electron chi connectivity index (χ0n) is 8.75. The molecular formula is C12H15F2O. The molecule has 0 spiro atoms. The number of hydrogen-bond donors (Lipinski definition) is 0. The molecule has 1 radical (unpaired) electrons. The first-order valence-electron chi connectivity index (χ1n) is 5.08. The van der Waals surface area contributed by atoms with Gasteiger partial charge in [0.1, 0.15) is 5.75 Å². The Morgan fingerprint density at radius 3 is 2.73 bits per heavy atom. The maximum Gasteiger partial charge on any atom is 0.387 e. The van der Waals surface area contributed by atoms with E-state index in [9.17, 15) is 8.78 Å². The minimum Gasteiger partial charge on any atom is -0.435 e. The summed E-state index contributed by atoms with van der Waals surface area (Å²) in [6, 6.07) is 6.93. The minimum atomic E-state index is -2.75. The van der Waals surface area contributed by atoms with Crippen molar-refractivity contribution in [2.24, 2.45) is 0 Å². The summed E-state index contributed by atoms with van der Waals surface area (Å²) in [5.41, 5.74) is 0.836. The van der Waals surface area contributed by atoms with Gasteiger partial charge in [-0.1, -0.05) is 31.5 Å². The van der Waals surface area contributed by atoms with E-state index in [-0.39, 0.29) is 5.75 Å². The highest BCUT2D eigenvalue weighted by Gasteiger charge is 2.08. The first kappa shape index (κ1) is 12.0. The molecule has 0 aromatic heterocycles. The normalized spacial score (nSPS) is 10.7. The van der Waals surface area contributed by atoms with Crippen LogP contribution in [-0.2, 0) is 6.42 Å². The van der Waals surface area contributed by atoms with Crippen LogP contribution >= 0.6 is 0 Å². The topological polar surface area (TPSA) is 9.23 Å². The summed E-state index contributed by atoms with van der Waals surface area (Å²) in [6.07, 6.45) is 4.76. The number of benzene rings is 1. The lowest BCUT2D eigenvalue weighted by atomic mass is 10.1. The molecule has 0 N–H and O–H groups in total. The van der Waals surface area contributed by atoms with Crippen molar-refractivity contribution in [1.82, 2.24) is 0 Å². The van der Waals surface area contributed by atoms with Crippen LogP contribution in [0.4, 0.5) is 8.78 Å². The van der Waals surface area contributed by atoms with Crippen LogP contribution in [-0.4, -0.2) is 6.61 Å². The van der Waals surface area contributed by atoms with E-state index in [2.05, 4.69) is 18.1 Å². The molecule has 0 fully saturated rings. The van der Waals surface area contributed by atoms with Crippen LogP contribution < -0.4 is 4.74 Å². The third-order valence-electron chi connectivity index (χ3n) is 2.10. The van der Waals surface area contributed by atoms with Crippen LogP contribution in [0.2, 0.25) is 0 Å². The van der Waals surface area contributed by atoms with Crippen molar-refractivity contribution < 1.29 is 13.5 Å². The Balaban J connectivity index is 2.60. The number of unbranched alkanes of at least 4 members (excludes halogenated alkanes) is 2. The fraction of sp³-hybridized carbons (Fsp3) is 0.417. The Kier molecular flexibility index (Phi) is 5.08. The molecule has 0 amide bonds. The zero-order chi connectivity index (χ0) is 11.1. The molecule has 0 saturated carbocycles. The molecule has 1 aromatic rings. The summed E-state index contributed by atoms with van der Waals surface area (Å²) in [4.78, 5) is 0. The Morgan fingerprint density at radius 1 is 1.33 bits per heavy atom. The number of para-hydroxylation sites is 1. The molecule has 3 heteroatoms. The fourth-order valence-electron chi connectivity index (χ4n) is 1.38. The Hall–Kier alpha value is -1.12. The van der Waals surface area contributed by atoms with E-state index >= 15 is 0 Å². The fourth-order valence-corrected chi connectivity index (χ4v) is 1.38. The van der Waals surface area contributed by atoms with Crippen LogP contribution in [0, 0.1) is 6.42 Å². The molecule has 0 atom stereocenters. The predicted molar refractivity (Wildman–Crippen MR) is 56.0 cm³/mol. The molecule has 0 aliphatic rings. The highest BCUT2D eigenvalue weighted by molar-refractivity contribution is 5.33. The second-order valence-electron chi connectivity index (χ2n) is 3.22. The maximum atomic E-state index is 12.1. The van der Waals surface area contributed by atoms with Gasteiger partial charge in [-0.2, -0.15) is 8.78 Å². The summed E-state index contributed by atoms with van der Waals surface area (Å²) in [6.45, 7) is -0.692. The molecule has 0 heterocycles. The Morgan fingerprint density at radius 2 is 2.07 bits per heavy atom. The first-order chi connectivity index (χ1) is 7.24. The number of rotatable bonds is 6. The number of halogens is 2. The first-order valence-corrected chi connectivity index (χ1v) is 5.08. The SMILES string of the molecule is CC[CH]CCc1ccccc1OC(F)F. The number of aryl methyl sites for hydroxylation is 1. The quantitative estimate of drug-likeness (QED) is 0.652. The highest BCUT2D eigenvalue weighted by atomic mass is 19.3. The second-order valence-corrected chi connectivity index (χ2v) is 3.22. The van der Waals surface area contributed by atoms with Crippen LogP contribution in [0.25, 0.3) is 0 Å². The van der Waals surface area contributed by atoms with Gasteiger partial charge < -0.3 is 4.74 Å². The summed E-state index contributed by atoms with van der Waals surface area (Å²) < 4.78 is 28.5. The van der Waals surface area contributed by atoms with Crippen molar-refractivity contribution in [3.63, 3.8) is 0 Å².